The average Bonchev–Trinajstić information content (AvgIpc) is 2.77. The zero-order valence-corrected chi connectivity index (χ0v) is 16.0. The van der Waals surface area contributed by atoms with Crippen LogP contribution in [0.25, 0.3) is 10.9 Å². The second-order valence-corrected chi connectivity index (χ2v) is 7.01. The van der Waals surface area contributed by atoms with Gasteiger partial charge >= 0.3 is 0 Å². The lowest BCUT2D eigenvalue weighted by Crippen LogP contribution is -2.27. The number of aromatic nitrogens is 1. The van der Waals surface area contributed by atoms with Crippen molar-refractivity contribution in [2.24, 2.45) is 0 Å². The molecule has 1 heterocycles. The van der Waals surface area contributed by atoms with Crippen LogP contribution in [0.5, 0.6) is 0 Å². The first-order valence-electron chi connectivity index (χ1n) is 9.72. The van der Waals surface area contributed by atoms with Gasteiger partial charge in [-0.15, -0.1) is 0 Å². The third kappa shape index (κ3) is 4.27. The Morgan fingerprint density at radius 2 is 1.41 bits per heavy atom. The molecule has 0 radical (unpaired) electrons. The van der Waals surface area contributed by atoms with Gasteiger partial charge in [0.2, 0.25) is 5.56 Å². The van der Waals surface area contributed by atoms with Crippen LogP contribution in [0.4, 0.5) is 0 Å². The molecule has 2 N–H and O–H groups in total. The number of carbonyl (C=O) groups is 1. The van der Waals surface area contributed by atoms with Crippen LogP contribution in [-0.4, -0.2) is 17.4 Å². The summed E-state index contributed by atoms with van der Waals surface area (Å²) in [4.78, 5) is 27.5. The van der Waals surface area contributed by atoms with Gasteiger partial charge in [0.1, 0.15) is 0 Å². The molecule has 0 aliphatic heterocycles. The van der Waals surface area contributed by atoms with Gasteiger partial charge in [-0.1, -0.05) is 78.9 Å². The van der Waals surface area contributed by atoms with Crippen LogP contribution in [0.3, 0.4) is 0 Å². The maximum Gasteiger partial charge on any atom is 0.252 e. The molecule has 0 saturated heterocycles. The molecule has 1 aromatic heterocycles. The molecule has 0 atom stereocenters. The Morgan fingerprint density at radius 1 is 0.828 bits per heavy atom. The molecule has 1 amide bonds. The number of rotatable bonds is 6. The van der Waals surface area contributed by atoms with E-state index in [4.69, 9.17) is 0 Å². The van der Waals surface area contributed by atoms with Gasteiger partial charge in [0, 0.05) is 29.4 Å². The number of carbonyl (C=O) groups excluding carboxylic acids is 1. The van der Waals surface area contributed by atoms with E-state index in [-0.39, 0.29) is 17.4 Å². The van der Waals surface area contributed by atoms with Crippen molar-refractivity contribution < 1.29 is 4.79 Å². The van der Waals surface area contributed by atoms with Crippen LogP contribution in [0, 0.1) is 0 Å². The van der Waals surface area contributed by atoms with Crippen LogP contribution in [0.2, 0.25) is 0 Å². The molecular weight excluding hydrogens is 360 g/mol. The molecule has 0 aliphatic carbocycles. The lowest BCUT2D eigenvalue weighted by molar-refractivity contribution is 0.0954. The summed E-state index contributed by atoms with van der Waals surface area (Å²) in [7, 11) is 0. The highest BCUT2D eigenvalue weighted by atomic mass is 16.2. The van der Waals surface area contributed by atoms with E-state index in [2.05, 4.69) is 34.6 Å². The second kappa shape index (κ2) is 8.57. The van der Waals surface area contributed by atoms with Crippen molar-refractivity contribution in [1.29, 1.82) is 0 Å². The van der Waals surface area contributed by atoms with Gasteiger partial charge in [0.15, 0.2) is 0 Å². The Balaban J connectivity index is 1.52. The SMILES string of the molecule is O=C(NCCC(c1ccccc1)c1ccccc1)c1cc(=O)[nH]c2ccccc12. The molecule has 4 rings (SSSR count). The van der Waals surface area contributed by atoms with Gasteiger partial charge in [0.25, 0.3) is 5.91 Å². The molecule has 4 heteroatoms. The van der Waals surface area contributed by atoms with E-state index >= 15 is 0 Å². The number of amides is 1. The lowest BCUT2D eigenvalue weighted by Gasteiger charge is -2.18. The number of hydrogen-bond acceptors (Lipinski definition) is 2. The van der Waals surface area contributed by atoms with Crippen molar-refractivity contribution in [1.82, 2.24) is 10.3 Å². The molecule has 4 aromatic rings. The molecule has 3 aromatic carbocycles. The molecule has 0 bridgehead atoms. The largest absolute Gasteiger partial charge is 0.352 e. The number of para-hydroxylation sites is 1. The maximum atomic E-state index is 12.8. The highest BCUT2D eigenvalue weighted by Crippen LogP contribution is 2.27. The smallest absolute Gasteiger partial charge is 0.252 e. The van der Waals surface area contributed by atoms with Gasteiger partial charge in [-0.25, -0.2) is 0 Å². The molecule has 0 unspecified atom stereocenters. The van der Waals surface area contributed by atoms with E-state index in [0.29, 0.717) is 17.6 Å². The summed E-state index contributed by atoms with van der Waals surface area (Å²) in [6, 6.07) is 29.3. The molecule has 0 aliphatic rings. The average molecular weight is 382 g/mol. The summed E-state index contributed by atoms with van der Waals surface area (Å²) in [5.41, 5.74) is 3.22. The van der Waals surface area contributed by atoms with Crippen LogP contribution in [0.1, 0.15) is 33.8 Å². The van der Waals surface area contributed by atoms with Crippen molar-refractivity contribution >= 4 is 16.8 Å². The standard InChI is InChI=1S/C25H22N2O2/c28-24-17-22(21-13-7-8-14-23(21)27-24)25(29)26-16-15-20(18-9-3-1-4-10-18)19-11-5-2-6-12-19/h1-14,17,20H,15-16H2,(H,26,29)(H,27,28). The van der Waals surface area contributed by atoms with Crippen LogP contribution in [-0.2, 0) is 0 Å². The van der Waals surface area contributed by atoms with E-state index < -0.39 is 0 Å². The summed E-state index contributed by atoms with van der Waals surface area (Å²) in [6.07, 6.45) is 0.765. The molecule has 144 valence electrons. The summed E-state index contributed by atoms with van der Waals surface area (Å²) in [5, 5.41) is 3.74. The predicted molar refractivity (Wildman–Crippen MR) is 116 cm³/mol. The van der Waals surface area contributed by atoms with Crippen molar-refractivity contribution in [3.63, 3.8) is 0 Å². The molecule has 29 heavy (non-hydrogen) atoms. The fourth-order valence-corrected chi connectivity index (χ4v) is 3.71. The fraction of sp³-hybridized carbons (Fsp3) is 0.120. The van der Waals surface area contributed by atoms with Crippen molar-refractivity contribution in [3.05, 3.63) is 118 Å². The number of benzene rings is 3. The Morgan fingerprint density at radius 3 is 2.07 bits per heavy atom. The van der Waals surface area contributed by atoms with Crippen molar-refractivity contribution in [2.75, 3.05) is 6.54 Å². The van der Waals surface area contributed by atoms with E-state index in [1.807, 2.05) is 54.6 Å². The number of pyridine rings is 1. The van der Waals surface area contributed by atoms with Crippen LogP contribution >= 0.6 is 0 Å². The maximum absolute atomic E-state index is 12.8. The number of fused-ring (bicyclic) bond motifs is 1. The van der Waals surface area contributed by atoms with Gasteiger partial charge in [0.05, 0.1) is 5.56 Å². The van der Waals surface area contributed by atoms with Crippen LogP contribution in [0.15, 0.2) is 95.8 Å². The summed E-state index contributed by atoms with van der Waals surface area (Å²) in [6.45, 7) is 0.508. The molecule has 0 saturated carbocycles. The molecule has 0 fully saturated rings. The number of nitrogens with one attached hydrogen (secondary N) is 2. The fourth-order valence-electron chi connectivity index (χ4n) is 3.71. The van der Waals surface area contributed by atoms with Crippen molar-refractivity contribution in [3.8, 4) is 0 Å². The minimum Gasteiger partial charge on any atom is -0.352 e. The lowest BCUT2D eigenvalue weighted by atomic mass is 9.88. The number of hydrogen-bond donors (Lipinski definition) is 2. The summed E-state index contributed by atoms with van der Waals surface area (Å²) < 4.78 is 0. The van der Waals surface area contributed by atoms with Crippen molar-refractivity contribution in [2.45, 2.75) is 12.3 Å². The molecule has 4 nitrogen and oxygen atoms in total. The van der Waals surface area contributed by atoms with E-state index in [1.54, 1.807) is 6.07 Å². The third-order valence-electron chi connectivity index (χ3n) is 5.12. The zero-order chi connectivity index (χ0) is 20.1. The second-order valence-electron chi connectivity index (χ2n) is 7.01. The van der Waals surface area contributed by atoms with E-state index in [1.165, 1.54) is 17.2 Å². The minimum atomic E-state index is -0.278. The highest BCUT2D eigenvalue weighted by Gasteiger charge is 2.16. The first-order chi connectivity index (χ1) is 14.2. The first kappa shape index (κ1) is 18.7. The van der Waals surface area contributed by atoms with E-state index in [0.717, 1.165) is 11.8 Å². The quantitative estimate of drug-likeness (QED) is 0.516. The van der Waals surface area contributed by atoms with Gasteiger partial charge in [-0.2, -0.15) is 0 Å². The predicted octanol–water partition coefficient (Wildman–Crippen LogP) is 4.48. The van der Waals surface area contributed by atoms with Gasteiger partial charge < -0.3 is 10.3 Å². The van der Waals surface area contributed by atoms with E-state index in [9.17, 15) is 9.59 Å². The highest BCUT2D eigenvalue weighted by molar-refractivity contribution is 6.05. The Kier molecular flexibility index (Phi) is 5.52. The Bertz CT molecular complexity index is 1130. The van der Waals surface area contributed by atoms with Gasteiger partial charge in [-0.3, -0.25) is 9.59 Å². The topological polar surface area (TPSA) is 62.0 Å². The Hall–Kier alpha value is -3.66. The monoisotopic (exact) mass is 382 g/mol. The van der Waals surface area contributed by atoms with Crippen LogP contribution < -0.4 is 10.9 Å². The summed E-state index contributed by atoms with van der Waals surface area (Å²) in [5.74, 6) is -0.0409. The third-order valence-corrected chi connectivity index (χ3v) is 5.12. The molecular formula is C25H22N2O2. The first-order valence-corrected chi connectivity index (χ1v) is 9.72. The number of H-pyrrole nitrogens is 1. The van der Waals surface area contributed by atoms with Gasteiger partial charge in [-0.05, 0) is 23.6 Å². The summed E-state index contributed by atoms with van der Waals surface area (Å²) >= 11 is 0. The number of aromatic amines is 1. The zero-order valence-electron chi connectivity index (χ0n) is 16.0. The Labute approximate surface area is 169 Å². The molecule has 0 spiro atoms. The normalized spacial score (nSPS) is 10.9. The minimum absolute atomic E-state index is 0.189.